The number of thioether (sulfide) groups is 1. The Morgan fingerprint density at radius 3 is 2.64 bits per heavy atom. The second-order valence-electron chi connectivity index (χ2n) is 8.66. The fourth-order valence-corrected chi connectivity index (χ4v) is 3.94. The van der Waals surface area contributed by atoms with Crippen LogP contribution in [0, 0.1) is 10.1 Å². The standard InChI is InChI=1S/C24H30N8O6S/c1-31(2)18(33)12-14-10-15(20-26-8-9-27-20)13-16(11-14)38-22-19(32(36)37)21(29-24(30-22)39-3)28-17(23(34)35)6-4-5-7-25/h8-11,13,17H,4-7,12,25H2,1-3H3,(H,26,27)(H,34,35)(H,28,29,30). The summed E-state index contributed by atoms with van der Waals surface area (Å²) in [4.78, 5) is 52.7. The van der Waals surface area contributed by atoms with Crippen LogP contribution in [0.3, 0.4) is 0 Å². The quantitative estimate of drug-likeness (QED) is 0.0741. The van der Waals surface area contributed by atoms with Gasteiger partial charge in [-0.2, -0.15) is 9.97 Å². The van der Waals surface area contributed by atoms with E-state index in [2.05, 4.69) is 25.3 Å². The first kappa shape index (κ1) is 29.3. The molecule has 2 aromatic heterocycles. The summed E-state index contributed by atoms with van der Waals surface area (Å²) in [7, 11) is 3.28. The third-order valence-corrected chi connectivity index (χ3v) is 6.11. The monoisotopic (exact) mass is 558 g/mol. The highest BCUT2D eigenvalue weighted by Crippen LogP contribution is 2.38. The van der Waals surface area contributed by atoms with Crippen molar-refractivity contribution in [1.29, 1.82) is 0 Å². The molecule has 1 atom stereocenters. The van der Waals surface area contributed by atoms with Crippen molar-refractivity contribution >= 4 is 35.1 Å². The van der Waals surface area contributed by atoms with Crippen molar-refractivity contribution in [2.24, 2.45) is 5.73 Å². The molecule has 39 heavy (non-hydrogen) atoms. The highest BCUT2D eigenvalue weighted by Gasteiger charge is 2.30. The molecule has 0 aliphatic heterocycles. The molecule has 5 N–H and O–H groups in total. The molecule has 0 aliphatic rings. The molecule has 3 aromatic rings. The van der Waals surface area contributed by atoms with Gasteiger partial charge < -0.3 is 30.8 Å². The molecule has 0 radical (unpaired) electrons. The Morgan fingerprint density at radius 2 is 2.05 bits per heavy atom. The molecule has 0 spiro atoms. The van der Waals surface area contributed by atoms with Crippen LogP contribution in [0.2, 0.25) is 0 Å². The molecule has 208 valence electrons. The second kappa shape index (κ2) is 13.5. The van der Waals surface area contributed by atoms with E-state index in [0.29, 0.717) is 36.3 Å². The van der Waals surface area contributed by atoms with Gasteiger partial charge in [-0.15, -0.1) is 0 Å². The lowest BCUT2D eigenvalue weighted by atomic mass is 10.1. The van der Waals surface area contributed by atoms with E-state index in [1.165, 1.54) is 4.90 Å². The van der Waals surface area contributed by atoms with Crippen LogP contribution in [-0.4, -0.2) is 79.7 Å². The van der Waals surface area contributed by atoms with Crippen molar-refractivity contribution in [1.82, 2.24) is 24.8 Å². The van der Waals surface area contributed by atoms with Crippen LogP contribution in [0.1, 0.15) is 24.8 Å². The van der Waals surface area contributed by atoms with E-state index in [1.807, 2.05) is 0 Å². The van der Waals surface area contributed by atoms with Gasteiger partial charge in [-0.1, -0.05) is 11.8 Å². The number of carboxylic acids is 1. The van der Waals surface area contributed by atoms with Gasteiger partial charge in [0.25, 0.3) is 0 Å². The molecule has 1 unspecified atom stereocenters. The molecule has 14 nitrogen and oxygen atoms in total. The predicted molar refractivity (Wildman–Crippen MR) is 145 cm³/mol. The Balaban J connectivity index is 2.06. The van der Waals surface area contributed by atoms with Crippen molar-refractivity contribution in [2.75, 3.05) is 32.2 Å². The normalized spacial score (nSPS) is 11.6. The zero-order valence-corrected chi connectivity index (χ0v) is 22.5. The highest BCUT2D eigenvalue weighted by atomic mass is 32.2. The minimum atomic E-state index is -1.19. The van der Waals surface area contributed by atoms with Crippen LogP contribution in [0.25, 0.3) is 11.4 Å². The van der Waals surface area contributed by atoms with Crippen molar-refractivity contribution in [3.8, 4) is 23.0 Å². The van der Waals surface area contributed by atoms with Gasteiger partial charge in [0.05, 0.1) is 11.3 Å². The first-order valence-corrected chi connectivity index (χ1v) is 13.2. The van der Waals surface area contributed by atoms with Crippen LogP contribution >= 0.6 is 11.8 Å². The maximum absolute atomic E-state index is 12.4. The van der Waals surface area contributed by atoms with E-state index >= 15 is 0 Å². The van der Waals surface area contributed by atoms with Gasteiger partial charge in [0, 0.05) is 32.1 Å². The molecule has 0 saturated heterocycles. The number of hydrogen-bond donors (Lipinski definition) is 4. The molecule has 3 rings (SSSR count). The molecule has 2 heterocycles. The second-order valence-corrected chi connectivity index (χ2v) is 9.43. The number of amides is 1. The number of carbonyl (C=O) groups excluding carboxylic acids is 1. The van der Waals surface area contributed by atoms with Crippen molar-refractivity contribution in [2.45, 2.75) is 36.9 Å². The number of imidazole rings is 1. The number of likely N-dealkylation sites (N-methyl/N-ethyl adjacent to an activating group) is 1. The molecule has 0 bridgehead atoms. The fourth-order valence-electron chi connectivity index (χ4n) is 3.58. The first-order valence-electron chi connectivity index (χ1n) is 11.9. The molecular formula is C24H30N8O6S. The number of H-pyrrole nitrogens is 1. The van der Waals surface area contributed by atoms with E-state index in [0.717, 1.165) is 11.8 Å². The Labute approximate surface area is 228 Å². The van der Waals surface area contributed by atoms with Gasteiger partial charge in [-0.25, -0.2) is 9.78 Å². The van der Waals surface area contributed by atoms with E-state index in [4.69, 9.17) is 10.5 Å². The number of anilines is 1. The number of hydrogen-bond acceptors (Lipinski definition) is 11. The van der Waals surface area contributed by atoms with E-state index in [1.54, 1.807) is 50.9 Å². The number of unbranched alkanes of at least 4 members (excludes halogenated alkanes) is 1. The van der Waals surface area contributed by atoms with Crippen molar-refractivity contribution < 1.29 is 24.4 Å². The molecule has 0 fully saturated rings. The number of benzene rings is 1. The number of nitro groups is 1. The number of aromatic nitrogens is 4. The molecular weight excluding hydrogens is 528 g/mol. The summed E-state index contributed by atoms with van der Waals surface area (Å²) in [6.45, 7) is 0.397. The van der Waals surface area contributed by atoms with Crippen LogP contribution < -0.4 is 15.8 Å². The highest BCUT2D eigenvalue weighted by molar-refractivity contribution is 7.98. The maximum Gasteiger partial charge on any atom is 0.373 e. The molecule has 1 aromatic carbocycles. The summed E-state index contributed by atoms with van der Waals surface area (Å²) in [6, 6.07) is 3.81. The lowest BCUT2D eigenvalue weighted by Gasteiger charge is -2.17. The molecule has 1 amide bonds. The number of nitrogens with zero attached hydrogens (tertiary/aromatic N) is 5. The van der Waals surface area contributed by atoms with E-state index in [9.17, 15) is 24.8 Å². The van der Waals surface area contributed by atoms with E-state index in [-0.39, 0.29) is 41.4 Å². The van der Waals surface area contributed by atoms with Crippen molar-refractivity contribution in [3.05, 3.63) is 46.3 Å². The van der Waals surface area contributed by atoms with Gasteiger partial charge in [0.15, 0.2) is 5.16 Å². The summed E-state index contributed by atoms with van der Waals surface area (Å²) in [5, 5.41) is 24.6. The topological polar surface area (TPSA) is 202 Å². The lowest BCUT2D eigenvalue weighted by molar-refractivity contribution is -0.385. The zero-order valence-electron chi connectivity index (χ0n) is 21.7. The van der Waals surface area contributed by atoms with Gasteiger partial charge in [0.2, 0.25) is 11.7 Å². The Bertz CT molecular complexity index is 1320. The van der Waals surface area contributed by atoms with Gasteiger partial charge in [-0.3, -0.25) is 14.9 Å². The number of ether oxygens (including phenoxy) is 1. The average Bonchev–Trinajstić information content (AvgIpc) is 3.42. The Morgan fingerprint density at radius 1 is 1.28 bits per heavy atom. The number of carbonyl (C=O) groups is 2. The van der Waals surface area contributed by atoms with Crippen LogP contribution in [0.4, 0.5) is 11.5 Å². The summed E-state index contributed by atoms with van der Waals surface area (Å²) >= 11 is 1.11. The van der Waals surface area contributed by atoms with Crippen LogP contribution in [0.5, 0.6) is 11.6 Å². The zero-order chi connectivity index (χ0) is 28.5. The third-order valence-electron chi connectivity index (χ3n) is 5.56. The number of carboxylic acid groups (broad SMARTS) is 1. The van der Waals surface area contributed by atoms with Gasteiger partial charge in [-0.05, 0) is 55.8 Å². The number of nitrogens with two attached hydrogens (primary N) is 1. The minimum Gasteiger partial charge on any atom is -0.480 e. The fraction of sp³-hybridized carbons (Fsp3) is 0.375. The Hall–Kier alpha value is -4.24. The number of aromatic amines is 1. The lowest BCUT2D eigenvalue weighted by Crippen LogP contribution is -2.30. The summed E-state index contributed by atoms with van der Waals surface area (Å²) in [5.74, 6) is -1.33. The largest absolute Gasteiger partial charge is 0.480 e. The summed E-state index contributed by atoms with van der Waals surface area (Å²) in [6.07, 6.45) is 6.23. The first-order chi connectivity index (χ1) is 18.6. The smallest absolute Gasteiger partial charge is 0.373 e. The van der Waals surface area contributed by atoms with Gasteiger partial charge >= 0.3 is 17.5 Å². The molecule has 0 aliphatic carbocycles. The Kier molecular flexibility index (Phi) is 10.2. The van der Waals surface area contributed by atoms with E-state index < -0.39 is 22.6 Å². The average molecular weight is 559 g/mol. The summed E-state index contributed by atoms with van der Waals surface area (Å²) in [5.41, 5.74) is 6.06. The third kappa shape index (κ3) is 7.87. The number of nitrogens with one attached hydrogen (secondary N) is 2. The SMILES string of the molecule is CSc1nc(NC(CCCCN)C(=O)O)c([N+](=O)[O-])c(Oc2cc(CC(=O)N(C)C)cc(-c3ncc[nH]3)c2)n1. The molecule has 0 saturated carbocycles. The predicted octanol–water partition coefficient (Wildman–Crippen LogP) is 2.91. The number of rotatable bonds is 14. The van der Waals surface area contributed by atoms with Crippen LogP contribution in [-0.2, 0) is 16.0 Å². The molecule has 15 heteroatoms. The van der Waals surface area contributed by atoms with Gasteiger partial charge in [0.1, 0.15) is 17.6 Å². The van der Waals surface area contributed by atoms with Crippen LogP contribution in [0.15, 0.2) is 35.7 Å². The summed E-state index contributed by atoms with van der Waals surface area (Å²) < 4.78 is 5.94. The van der Waals surface area contributed by atoms with Crippen molar-refractivity contribution in [3.63, 3.8) is 0 Å². The minimum absolute atomic E-state index is 0.0513. The number of aliphatic carboxylic acids is 1. The maximum atomic E-state index is 12.4.